The van der Waals surface area contributed by atoms with E-state index in [2.05, 4.69) is 19.1 Å². The summed E-state index contributed by atoms with van der Waals surface area (Å²) >= 11 is 0. The summed E-state index contributed by atoms with van der Waals surface area (Å²) in [6, 6.07) is 0.446. The summed E-state index contributed by atoms with van der Waals surface area (Å²) in [6.45, 7) is 2.06. The van der Waals surface area contributed by atoms with Gasteiger partial charge in [0, 0.05) is 6.04 Å². The first-order valence-electron chi connectivity index (χ1n) is 3.73. The molecule has 2 unspecified atom stereocenters. The molecule has 0 saturated heterocycles. The molecule has 0 radical (unpaired) electrons. The Morgan fingerprint density at radius 1 is 1.44 bits per heavy atom. The second-order valence-electron chi connectivity index (χ2n) is 2.78. The highest BCUT2D eigenvalue weighted by Crippen LogP contribution is 2.24. The van der Waals surface area contributed by atoms with Gasteiger partial charge in [-0.15, -0.1) is 0 Å². The van der Waals surface area contributed by atoms with Gasteiger partial charge in [0.15, 0.2) is 0 Å². The Labute approximate surface area is 56.9 Å². The zero-order valence-corrected chi connectivity index (χ0v) is 6.01. The van der Waals surface area contributed by atoms with Gasteiger partial charge in [-0.2, -0.15) is 0 Å². The van der Waals surface area contributed by atoms with Crippen molar-refractivity contribution in [1.29, 1.82) is 0 Å². The predicted molar refractivity (Wildman–Crippen MR) is 40.1 cm³/mol. The van der Waals surface area contributed by atoms with Gasteiger partial charge in [-0.3, -0.25) is 0 Å². The van der Waals surface area contributed by atoms with E-state index in [-0.39, 0.29) is 0 Å². The second kappa shape index (κ2) is 3.02. The SMILES string of the molecule is C/C=C\C1CCCC1N. The summed E-state index contributed by atoms with van der Waals surface area (Å²) in [5.41, 5.74) is 5.81. The first-order valence-corrected chi connectivity index (χ1v) is 3.73. The van der Waals surface area contributed by atoms with Crippen LogP contribution >= 0.6 is 0 Å². The van der Waals surface area contributed by atoms with Crippen molar-refractivity contribution in [3.05, 3.63) is 12.2 Å². The highest BCUT2D eigenvalue weighted by molar-refractivity contribution is 4.94. The number of hydrogen-bond acceptors (Lipinski definition) is 1. The summed E-state index contributed by atoms with van der Waals surface area (Å²) in [6.07, 6.45) is 8.17. The van der Waals surface area contributed by atoms with Crippen LogP contribution in [0, 0.1) is 5.92 Å². The van der Waals surface area contributed by atoms with E-state index in [1.54, 1.807) is 0 Å². The molecule has 0 heterocycles. The first-order chi connectivity index (χ1) is 4.34. The van der Waals surface area contributed by atoms with Crippen molar-refractivity contribution >= 4 is 0 Å². The van der Waals surface area contributed by atoms with Crippen LogP contribution in [0.5, 0.6) is 0 Å². The third-order valence-corrected chi connectivity index (χ3v) is 2.06. The zero-order valence-electron chi connectivity index (χ0n) is 6.01. The van der Waals surface area contributed by atoms with Crippen molar-refractivity contribution in [2.24, 2.45) is 11.7 Å². The normalized spacial score (nSPS) is 36.2. The van der Waals surface area contributed by atoms with E-state index in [0.717, 1.165) is 0 Å². The summed E-state index contributed by atoms with van der Waals surface area (Å²) in [4.78, 5) is 0. The maximum atomic E-state index is 5.81. The lowest BCUT2D eigenvalue weighted by Crippen LogP contribution is -2.22. The minimum Gasteiger partial charge on any atom is -0.327 e. The lowest BCUT2D eigenvalue weighted by atomic mass is 10.0. The Morgan fingerprint density at radius 2 is 2.22 bits per heavy atom. The Hall–Kier alpha value is -0.300. The molecule has 2 atom stereocenters. The Kier molecular flexibility index (Phi) is 2.29. The van der Waals surface area contributed by atoms with Gasteiger partial charge in [-0.25, -0.2) is 0 Å². The van der Waals surface area contributed by atoms with E-state index < -0.39 is 0 Å². The third kappa shape index (κ3) is 1.55. The van der Waals surface area contributed by atoms with E-state index in [9.17, 15) is 0 Å². The van der Waals surface area contributed by atoms with Crippen LogP contribution in [0.2, 0.25) is 0 Å². The Balaban J connectivity index is 2.39. The first kappa shape index (κ1) is 6.81. The van der Waals surface area contributed by atoms with Crippen LogP contribution in [0.15, 0.2) is 12.2 Å². The highest BCUT2D eigenvalue weighted by Gasteiger charge is 2.20. The average molecular weight is 125 g/mol. The zero-order chi connectivity index (χ0) is 6.69. The molecule has 1 aliphatic carbocycles. The van der Waals surface area contributed by atoms with Crippen molar-refractivity contribution in [2.75, 3.05) is 0 Å². The average Bonchev–Trinajstić information content (AvgIpc) is 2.18. The molecule has 0 aromatic rings. The largest absolute Gasteiger partial charge is 0.327 e. The van der Waals surface area contributed by atoms with Crippen LogP contribution in [-0.4, -0.2) is 6.04 Å². The van der Waals surface area contributed by atoms with Crippen molar-refractivity contribution in [2.45, 2.75) is 32.2 Å². The van der Waals surface area contributed by atoms with E-state index >= 15 is 0 Å². The van der Waals surface area contributed by atoms with Gasteiger partial charge in [0.25, 0.3) is 0 Å². The maximum absolute atomic E-state index is 5.81. The fourth-order valence-electron chi connectivity index (χ4n) is 1.50. The van der Waals surface area contributed by atoms with Gasteiger partial charge in [-0.05, 0) is 25.7 Å². The molecule has 1 aliphatic rings. The molecule has 1 fully saturated rings. The smallest absolute Gasteiger partial charge is 0.0102 e. The highest BCUT2D eigenvalue weighted by atomic mass is 14.7. The van der Waals surface area contributed by atoms with E-state index in [1.807, 2.05) is 0 Å². The lowest BCUT2D eigenvalue weighted by Gasteiger charge is -2.08. The topological polar surface area (TPSA) is 26.0 Å². The van der Waals surface area contributed by atoms with Gasteiger partial charge in [-0.1, -0.05) is 18.6 Å². The van der Waals surface area contributed by atoms with Crippen LogP contribution in [0.3, 0.4) is 0 Å². The molecule has 0 bridgehead atoms. The fourth-order valence-corrected chi connectivity index (χ4v) is 1.50. The number of hydrogen-bond donors (Lipinski definition) is 1. The standard InChI is InChI=1S/C8H15N/c1-2-4-7-5-3-6-8(7)9/h2,4,7-8H,3,5-6,9H2,1H3/b4-2-. The van der Waals surface area contributed by atoms with Gasteiger partial charge >= 0.3 is 0 Å². The predicted octanol–water partition coefficient (Wildman–Crippen LogP) is 1.69. The molecule has 52 valence electrons. The van der Waals surface area contributed by atoms with Gasteiger partial charge in [0.2, 0.25) is 0 Å². The Morgan fingerprint density at radius 3 is 2.67 bits per heavy atom. The van der Waals surface area contributed by atoms with Crippen LogP contribution in [0.25, 0.3) is 0 Å². The van der Waals surface area contributed by atoms with Gasteiger partial charge in [0.05, 0.1) is 0 Å². The molecule has 1 nitrogen and oxygen atoms in total. The number of nitrogens with two attached hydrogens (primary N) is 1. The molecule has 0 aromatic carbocycles. The molecule has 1 heteroatoms. The second-order valence-corrected chi connectivity index (χ2v) is 2.78. The molecule has 1 rings (SSSR count). The van der Waals surface area contributed by atoms with Crippen LogP contribution in [0.4, 0.5) is 0 Å². The van der Waals surface area contributed by atoms with E-state index in [1.165, 1.54) is 19.3 Å². The van der Waals surface area contributed by atoms with Gasteiger partial charge < -0.3 is 5.73 Å². The third-order valence-electron chi connectivity index (χ3n) is 2.06. The maximum Gasteiger partial charge on any atom is 0.0102 e. The van der Waals surface area contributed by atoms with Gasteiger partial charge in [0.1, 0.15) is 0 Å². The molecule has 0 amide bonds. The molecular weight excluding hydrogens is 110 g/mol. The van der Waals surface area contributed by atoms with Crippen molar-refractivity contribution in [1.82, 2.24) is 0 Å². The van der Waals surface area contributed by atoms with Crippen molar-refractivity contribution in [3.8, 4) is 0 Å². The van der Waals surface area contributed by atoms with Crippen molar-refractivity contribution in [3.63, 3.8) is 0 Å². The molecule has 1 saturated carbocycles. The number of allylic oxidation sites excluding steroid dienone is 1. The van der Waals surface area contributed by atoms with E-state index in [0.29, 0.717) is 12.0 Å². The quantitative estimate of drug-likeness (QED) is 0.530. The number of rotatable bonds is 1. The molecular formula is C8H15N. The molecule has 2 N–H and O–H groups in total. The van der Waals surface area contributed by atoms with Crippen LogP contribution in [-0.2, 0) is 0 Å². The van der Waals surface area contributed by atoms with E-state index in [4.69, 9.17) is 5.73 Å². The van der Waals surface area contributed by atoms with Crippen LogP contribution in [0.1, 0.15) is 26.2 Å². The molecule has 0 aliphatic heterocycles. The summed E-state index contributed by atoms with van der Waals surface area (Å²) in [5.74, 6) is 0.676. The summed E-state index contributed by atoms with van der Waals surface area (Å²) < 4.78 is 0. The minimum absolute atomic E-state index is 0.446. The minimum atomic E-state index is 0.446. The summed E-state index contributed by atoms with van der Waals surface area (Å²) in [5, 5.41) is 0. The molecule has 0 aromatic heterocycles. The van der Waals surface area contributed by atoms with Crippen molar-refractivity contribution < 1.29 is 0 Å². The van der Waals surface area contributed by atoms with Crippen LogP contribution < -0.4 is 5.73 Å². The Bertz CT molecular complexity index is 107. The molecule has 9 heavy (non-hydrogen) atoms. The fraction of sp³-hybridized carbons (Fsp3) is 0.750. The molecule has 0 spiro atoms. The monoisotopic (exact) mass is 125 g/mol. The summed E-state index contributed by atoms with van der Waals surface area (Å²) in [7, 11) is 0. The lowest BCUT2D eigenvalue weighted by molar-refractivity contribution is 0.581.